The van der Waals surface area contributed by atoms with Gasteiger partial charge in [-0.05, 0) is 55.8 Å². The topological polar surface area (TPSA) is 51.5 Å². The molecule has 1 saturated heterocycles. The summed E-state index contributed by atoms with van der Waals surface area (Å²) in [5.41, 5.74) is 2.36. The summed E-state index contributed by atoms with van der Waals surface area (Å²) in [5.74, 6) is 2.62. The maximum absolute atomic E-state index is 5.49. The predicted octanol–water partition coefficient (Wildman–Crippen LogP) is 3.68. The van der Waals surface area contributed by atoms with E-state index in [9.17, 15) is 0 Å². The molecule has 0 spiro atoms. The van der Waals surface area contributed by atoms with E-state index >= 15 is 0 Å². The van der Waals surface area contributed by atoms with E-state index in [-0.39, 0.29) is 0 Å². The lowest BCUT2D eigenvalue weighted by molar-refractivity contribution is 0.174. The van der Waals surface area contributed by atoms with Crippen LogP contribution in [-0.2, 0) is 6.54 Å². The monoisotopic (exact) mass is 376 g/mol. The number of nitrogens with zero attached hydrogens (tertiary/aromatic N) is 3. The zero-order valence-electron chi connectivity index (χ0n) is 15.8. The number of benzene rings is 1. The molecule has 28 heavy (non-hydrogen) atoms. The van der Waals surface area contributed by atoms with Crippen LogP contribution in [0.3, 0.4) is 0 Å². The molecule has 144 valence electrons. The van der Waals surface area contributed by atoms with Crippen LogP contribution >= 0.6 is 0 Å². The summed E-state index contributed by atoms with van der Waals surface area (Å²) in [6.07, 6.45) is 6.29. The summed E-state index contributed by atoms with van der Waals surface area (Å²) in [6, 6.07) is 16.8. The normalized spacial score (nSPS) is 18.9. The van der Waals surface area contributed by atoms with E-state index < -0.39 is 0 Å². The largest absolute Gasteiger partial charge is 0.454 e. The van der Waals surface area contributed by atoms with Crippen molar-refractivity contribution >= 4 is 5.69 Å². The number of anilines is 1. The average molecular weight is 376 g/mol. The maximum atomic E-state index is 5.49. The molecule has 1 aromatic carbocycles. The van der Waals surface area contributed by atoms with Crippen molar-refractivity contribution in [2.24, 2.45) is 0 Å². The molecule has 6 heteroatoms. The molecule has 4 heterocycles. The van der Waals surface area contributed by atoms with Gasteiger partial charge in [0.05, 0.1) is 0 Å². The molecule has 1 N–H and O–H groups in total. The van der Waals surface area contributed by atoms with Crippen molar-refractivity contribution in [1.82, 2.24) is 14.5 Å². The molecule has 0 aliphatic carbocycles. The zero-order valence-corrected chi connectivity index (χ0v) is 15.8. The second-order valence-electron chi connectivity index (χ2n) is 7.34. The van der Waals surface area contributed by atoms with E-state index in [0.29, 0.717) is 12.8 Å². The van der Waals surface area contributed by atoms with Gasteiger partial charge in [0.1, 0.15) is 5.82 Å². The van der Waals surface area contributed by atoms with Crippen LogP contribution < -0.4 is 14.8 Å². The van der Waals surface area contributed by atoms with Gasteiger partial charge in [0.2, 0.25) is 6.79 Å². The molecule has 2 aromatic heterocycles. The van der Waals surface area contributed by atoms with E-state index in [0.717, 1.165) is 42.6 Å². The van der Waals surface area contributed by atoms with Crippen molar-refractivity contribution in [1.29, 1.82) is 0 Å². The van der Waals surface area contributed by atoms with Gasteiger partial charge < -0.3 is 19.4 Å². The van der Waals surface area contributed by atoms with E-state index in [4.69, 9.17) is 9.47 Å². The van der Waals surface area contributed by atoms with Gasteiger partial charge in [0, 0.05) is 49.0 Å². The van der Waals surface area contributed by atoms with Crippen LogP contribution in [-0.4, -0.2) is 40.4 Å². The maximum Gasteiger partial charge on any atom is 0.231 e. The number of nitrogens with one attached hydrogen (secondary N) is 1. The van der Waals surface area contributed by atoms with Gasteiger partial charge in [-0.15, -0.1) is 0 Å². The quantitative estimate of drug-likeness (QED) is 0.736. The summed E-state index contributed by atoms with van der Waals surface area (Å²) in [6.45, 7) is 3.36. The molecule has 2 aliphatic heterocycles. The number of ether oxygens (including phenoxy) is 2. The summed E-state index contributed by atoms with van der Waals surface area (Å²) in [5, 5.41) is 3.67. The Morgan fingerprint density at radius 2 is 2.04 bits per heavy atom. The molecular formula is C22H24N4O2. The van der Waals surface area contributed by atoms with Gasteiger partial charge >= 0.3 is 0 Å². The molecule has 0 amide bonds. The lowest BCUT2D eigenvalue weighted by Gasteiger charge is -2.33. The van der Waals surface area contributed by atoms with Crippen molar-refractivity contribution < 1.29 is 9.47 Å². The third kappa shape index (κ3) is 3.55. The number of piperidine rings is 1. The van der Waals surface area contributed by atoms with Gasteiger partial charge in [0.25, 0.3) is 0 Å². The van der Waals surface area contributed by atoms with E-state index in [1.54, 1.807) is 0 Å². The number of hydrogen-bond acceptors (Lipinski definition) is 5. The van der Waals surface area contributed by atoms with Crippen LogP contribution in [0.1, 0.15) is 18.5 Å². The Morgan fingerprint density at radius 1 is 1.07 bits per heavy atom. The first-order valence-corrected chi connectivity index (χ1v) is 9.81. The van der Waals surface area contributed by atoms with Crippen LogP contribution in [0, 0.1) is 0 Å². The van der Waals surface area contributed by atoms with E-state index in [1.807, 2.05) is 36.5 Å². The molecule has 5 rings (SSSR count). The lowest BCUT2D eigenvalue weighted by Crippen LogP contribution is -2.41. The number of aromatic nitrogens is 2. The molecule has 6 nitrogen and oxygen atoms in total. The Labute approximate surface area is 164 Å². The standard InChI is InChI=1S/C22H24N4O2/c1-2-10-23-22(7-1)26-12-4-6-19(26)15-25-11-3-5-18(14-25)24-17-8-9-20-21(13-17)28-16-27-20/h1-2,4,6-10,12-13,18,24H,3,5,11,14-16H2. The highest BCUT2D eigenvalue weighted by Crippen LogP contribution is 2.34. The fourth-order valence-electron chi connectivity index (χ4n) is 4.03. The predicted molar refractivity (Wildman–Crippen MR) is 108 cm³/mol. The lowest BCUT2D eigenvalue weighted by atomic mass is 10.0. The van der Waals surface area contributed by atoms with Crippen LogP contribution in [0.2, 0.25) is 0 Å². The fraction of sp³-hybridized carbons (Fsp3) is 0.318. The first-order chi connectivity index (χ1) is 13.8. The SMILES string of the molecule is c1ccc(-n2cccc2CN2CCCC(Nc3ccc4c(c3)OCO4)C2)nc1. The van der Waals surface area contributed by atoms with Crippen molar-refractivity contribution in [3.05, 3.63) is 66.6 Å². The van der Waals surface area contributed by atoms with Crippen molar-refractivity contribution in [3.63, 3.8) is 0 Å². The number of fused-ring (bicyclic) bond motifs is 1. The second-order valence-corrected chi connectivity index (χ2v) is 7.34. The Hall–Kier alpha value is -2.99. The summed E-state index contributed by atoms with van der Waals surface area (Å²) in [7, 11) is 0. The molecule has 0 saturated carbocycles. The smallest absolute Gasteiger partial charge is 0.231 e. The molecule has 1 atom stereocenters. The second kappa shape index (κ2) is 7.56. The summed E-state index contributed by atoms with van der Waals surface area (Å²) >= 11 is 0. The molecule has 0 bridgehead atoms. The number of likely N-dealkylation sites (tertiary alicyclic amines) is 1. The fourth-order valence-corrected chi connectivity index (χ4v) is 4.03. The van der Waals surface area contributed by atoms with Gasteiger partial charge in [0.15, 0.2) is 11.5 Å². The van der Waals surface area contributed by atoms with Crippen molar-refractivity contribution in [2.75, 3.05) is 25.2 Å². The van der Waals surface area contributed by atoms with Gasteiger partial charge in [-0.1, -0.05) is 6.07 Å². The van der Waals surface area contributed by atoms with Crippen LogP contribution in [0.5, 0.6) is 11.5 Å². The Morgan fingerprint density at radius 3 is 2.96 bits per heavy atom. The Bertz CT molecular complexity index is 941. The molecule has 2 aliphatic rings. The van der Waals surface area contributed by atoms with Crippen LogP contribution in [0.15, 0.2) is 60.9 Å². The Balaban J connectivity index is 1.25. The molecular weight excluding hydrogens is 352 g/mol. The minimum Gasteiger partial charge on any atom is -0.454 e. The van der Waals surface area contributed by atoms with Crippen molar-refractivity contribution in [2.45, 2.75) is 25.4 Å². The third-order valence-electron chi connectivity index (χ3n) is 5.36. The summed E-state index contributed by atoms with van der Waals surface area (Å²) in [4.78, 5) is 7.00. The van der Waals surface area contributed by atoms with Gasteiger partial charge in [-0.3, -0.25) is 4.90 Å². The molecule has 1 fully saturated rings. The molecule has 3 aromatic rings. The van der Waals surface area contributed by atoms with E-state index in [1.165, 1.54) is 18.5 Å². The van der Waals surface area contributed by atoms with Gasteiger partial charge in [-0.25, -0.2) is 4.98 Å². The minimum atomic E-state index is 0.311. The Kier molecular flexibility index (Phi) is 4.62. The highest BCUT2D eigenvalue weighted by molar-refractivity contribution is 5.56. The van der Waals surface area contributed by atoms with Crippen LogP contribution in [0.4, 0.5) is 5.69 Å². The highest BCUT2D eigenvalue weighted by atomic mass is 16.7. The number of rotatable bonds is 5. The number of hydrogen-bond donors (Lipinski definition) is 1. The molecule has 0 radical (unpaired) electrons. The molecule has 1 unspecified atom stereocenters. The first-order valence-electron chi connectivity index (χ1n) is 9.81. The number of pyridine rings is 1. The van der Waals surface area contributed by atoms with Crippen LogP contribution in [0.25, 0.3) is 5.82 Å². The van der Waals surface area contributed by atoms with Gasteiger partial charge in [-0.2, -0.15) is 0 Å². The average Bonchev–Trinajstić information content (AvgIpc) is 3.38. The highest BCUT2D eigenvalue weighted by Gasteiger charge is 2.22. The summed E-state index contributed by atoms with van der Waals surface area (Å²) < 4.78 is 13.1. The van der Waals surface area contributed by atoms with Crippen molar-refractivity contribution in [3.8, 4) is 17.3 Å². The van der Waals surface area contributed by atoms with E-state index in [2.05, 4.69) is 44.2 Å². The first kappa shape index (κ1) is 17.1. The minimum absolute atomic E-state index is 0.311. The zero-order chi connectivity index (χ0) is 18.8. The third-order valence-corrected chi connectivity index (χ3v) is 5.36.